The maximum Gasteiger partial charge on any atom is 0.0930 e. The molecule has 42 heavy (non-hydrogen) atoms. The van der Waals surface area contributed by atoms with Gasteiger partial charge in [0.15, 0.2) is 0 Å². The quantitative estimate of drug-likeness (QED) is 0.158. The Kier molecular flexibility index (Phi) is 8.85. The van der Waals surface area contributed by atoms with Gasteiger partial charge in [0.1, 0.15) is 0 Å². The van der Waals surface area contributed by atoms with Gasteiger partial charge in [-0.15, -0.1) is 0 Å². The Hall–Kier alpha value is -3.70. The Balaban J connectivity index is 1.16. The number of para-hydroxylation sites is 1. The van der Waals surface area contributed by atoms with Crippen LogP contribution in [0.15, 0.2) is 121 Å². The topological polar surface area (TPSA) is 24.3 Å². The molecule has 1 saturated heterocycles. The highest BCUT2D eigenvalue weighted by Crippen LogP contribution is 2.35. The summed E-state index contributed by atoms with van der Waals surface area (Å²) in [5, 5.41) is 5.82. The third-order valence-corrected chi connectivity index (χ3v) is 8.98. The third kappa shape index (κ3) is 6.22. The van der Waals surface area contributed by atoms with Crippen LogP contribution in [0.4, 0.5) is 0 Å². The first-order valence-corrected chi connectivity index (χ1v) is 15.4. The normalized spacial score (nSPS) is 14.8. The number of hydrogen-bond acceptors (Lipinski definition) is 3. The van der Waals surface area contributed by atoms with Crippen molar-refractivity contribution in [2.45, 2.75) is 37.8 Å². The van der Waals surface area contributed by atoms with Crippen LogP contribution < -0.4 is 0 Å². The summed E-state index contributed by atoms with van der Waals surface area (Å²) in [4.78, 5) is 5.18. The number of aromatic nitrogens is 2. The molecule has 0 amide bonds. The predicted octanol–water partition coefficient (Wildman–Crippen LogP) is 8.48. The van der Waals surface area contributed by atoms with E-state index in [1.165, 1.54) is 16.8 Å². The molecule has 0 spiro atoms. The predicted molar refractivity (Wildman–Crippen MR) is 174 cm³/mol. The third-order valence-electron chi connectivity index (χ3n) is 8.73. The molecule has 6 rings (SSSR count). The van der Waals surface area contributed by atoms with E-state index in [-0.39, 0.29) is 0 Å². The lowest BCUT2D eigenvalue weighted by Crippen LogP contribution is -2.59. The van der Waals surface area contributed by atoms with Gasteiger partial charge in [0.25, 0.3) is 0 Å². The molecule has 5 aromatic rings. The van der Waals surface area contributed by atoms with Crippen molar-refractivity contribution in [2.24, 2.45) is 0 Å². The van der Waals surface area contributed by atoms with Crippen LogP contribution in [0.2, 0.25) is 5.02 Å². The average molecular weight is 575 g/mol. The van der Waals surface area contributed by atoms with E-state index in [9.17, 15) is 0 Å². The summed E-state index contributed by atoms with van der Waals surface area (Å²) in [5.41, 5.74) is 7.17. The Bertz CT molecular complexity index is 1500. The van der Waals surface area contributed by atoms with Crippen molar-refractivity contribution in [2.75, 3.05) is 26.7 Å². The Labute approximate surface area is 255 Å². The van der Waals surface area contributed by atoms with Crippen LogP contribution in [0.5, 0.6) is 0 Å². The SMILES string of the molecule is CCC(CCN(C)C1CN(C(c2ccccc2)c2ccccc2)C1)c1cc(-c2ccc(Cl)cc2)nn1-c1ccccc1. The lowest BCUT2D eigenvalue weighted by atomic mass is 9.92. The number of hydrogen-bond donors (Lipinski definition) is 0. The molecule has 1 unspecified atom stereocenters. The second-order valence-corrected chi connectivity index (χ2v) is 11.9. The number of likely N-dealkylation sites (N-methyl/N-ethyl adjacent to an activating group) is 1. The Morgan fingerprint density at radius 3 is 1.95 bits per heavy atom. The lowest BCUT2D eigenvalue weighted by molar-refractivity contribution is 0.0260. The van der Waals surface area contributed by atoms with Gasteiger partial charge in [-0.25, -0.2) is 4.68 Å². The van der Waals surface area contributed by atoms with E-state index in [2.05, 4.69) is 138 Å². The monoisotopic (exact) mass is 574 g/mol. The fourth-order valence-corrected chi connectivity index (χ4v) is 6.32. The lowest BCUT2D eigenvalue weighted by Gasteiger charge is -2.48. The maximum absolute atomic E-state index is 6.17. The van der Waals surface area contributed by atoms with E-state index < -0.39 is 0 Å². The van der Waals surface area contributed by atoms with Gasteiger partial charge in [0, 0.05) is 41.3 Å². The smallest absolute Gasteiger partial charge is 0.0930 e. The molecular formula is C37H39ClN4. The Morgan fingerprint density at radius 2 is 1.38 bits per heavy atom. The fraction of sp³-hybridized carbons (Fsp3) is 0.270. The van der Waals surface area contributed by atoms with Gasteiger partial charge in [0.2, 0.25) is 0 Å². The highest BCUT2D eigenvalue weighted by Gasteiger charge is 2.36. The second kappa shape index (κ2) is 13.1. The van der Waals surface area contributed by atoms with Crippen molar-refractivity contribution in [3.8, 4) is 16.9 Å². The van der Waals surface area contributed by atoms with Crippen LogP contribution in [-0.2, 0) is 0 Å². The molecule has 1 fully saturated rings. The molecule has 0 radical (unpaired) electrons. The molecule has 1 atom stereocenters. The van der Waals surface area contributed by atoms with Crippen molar-refractivity contribution in [1.82, 2.24) is 19.6 Å². The van der Waals surface area contributed by atoms with Crippen LogP contribution in [-0.4, -0.2) is 52.3 Å². The molecule has 1 aliphatic heterocycles. The van der Waals surface area contributed by atoms with Gasteiger partial charge < -0.3 is 4.90 Å². The molecule has 5 heteroatoms. The zero-order valence-electron chi connectivity index (χ0n) is 24.5. The zero-order valence-corrected chi connectivity index (χ0v) is 25.2. The largest absolute Gasteiger partial charge is 0.301 e. The van der Waals surface area contributed by atoms with Crippen molar-refractivity contribution in [1.29, 1.82) is 0 Å². The molecule has 0 N–H and O–H groups in total. The van der Waals surface area contributed by atoms with E-state index in [4.69, 9.17) is 16.7 Å². The summed E-state index contributed by atoms with van der Waals surface area (Å²) >= 11 is 6.17. The van der Waals surface area contributed by atoms with Crippen LogP contribution >= 0.6 is 11.6 Å². The summed E-state index contributed by atoms with van der Waals surface area (Å²) < 4.78 is 2.15. The molecule has 2 heterocycles. The van der Waals surface area contributed by atoms with Gasteiger partial charge >= 0.3 is 0 Å². The number of likely N-dealkylation sites (tertiary alicyclic amines) is 1. The number of nitrogens with zero attached hydrogens (tertiary/aromatic N) is 4. The minimum atomic E-state index is 0.298. The molecule has 4 nitrogen and oxygen atoms in total. The van der Waals surface area contributed by atoms with Crippen molar-refractivity contribution >= 4 is 11.6 Å². The summed E-state index contributed by atoms with van der Waals surface area (Å²) in [6, 6.07) is 43.5. The molecule has 4 aromatic carbocycles. The van der Waals surface area contributed by atoms with Crippen LogP contribution in [0, 0.1) is 0 Å². The van der Waals surface area contributed by atoms with Gasteiger partial charge in [-0.05, 0) is 67.9 Å². The van der Waals surface area contributed by atoms with Crippen molar-refractivity contribution < 1.29 is 0 Å². The summed E-state index contributed by atoms with van der Waals surface area (Å²) in [7, 11) is 2.29. The maximum atomic E-state index is 6.17. The zero-order chi connectivity index (χ0) is 28.9. The molecule has 214 valence electrons. The first-order chi connectivity index (χ1) is 20.6. The van der Waals surface area contributed by atoms with Crippen LogP contribution in [0.25, 0.3) is 16.9 Å². The first kappa shape index (κ1) is 28.4. The van der Waals surface area contributed by atoms with Gasteiger partial charge in [-0.3, -0.25) is 4.90 Å². The van der Waals surface area contributed by atoms with Gasteiger partial charge in [-0.1, -0.05) is 110 Å². The van der Waals surface area contributed by atoms with E-state index in [1.54, 1.807) is 0 Å². The van der Waals surface area contributed by atoms with E-state index >= 15 is 0 Å². The highest BCUT2D eigenvalue weighted by atomic mass is 35.5. The van der Waals surface area contributed by atoms with Gasteiger partial charge in [0.05, 0.1) is 17.4 Å². The first-order valence-electron chi connectivity index (χ1n) is 15.1. The van der Waals surface area contributed by atoms with E-state index in [1.807, 2.05) is 12.1 Å². The van der Waals surface area contributed by atoms with E-state index in [0.29, 0.717) is 18.0 Å². The summed E-state index contributed by atoms with van der Waals surface area (Å²) in [6.07, 6.45) is 2.15. The molecular weight excluding hydrogens is 536 g/mol. The molecule has 1 aliphatic rings. The Morgan fingerprint density at radius 1 is 0.810 bits per heavy atom. The van der Waals surface area contributed by atoms with Crippen LogP contribution in [0.3, 0.4) is 0 Å². The highest BCUT2D eigenvalue weighted by molar-refractivity contribution is 6.30. The summed E-state index contributed by atoms with van der Waals surface area (Å²) in [5.74, 6) is 0.402. The molecule has 0 aliphatic carbocycles. The molecule has 0 bridgehead atoms. The van der Waals surface area contributed by atoms with E-state index in [0.717, 1.165) is 54.4 Å². The molecule has 0 saturated carbocycles. The molecule has 1 aromatic heterocycles. The number of benzene rings is 4. The van der Waals surface area contributed by atoms with Gasteiger partial charge in [-0.2, -0.15) is 5.10 Å². The minimum absolute atomic E-state index is 0.298. The van der Waals surface area contributed by atoms with Crippen molar-refractivity contribution in [3.05, 3.63) is 143 Å². The number of halogens is 1. The van der Waals surface area contributed by atoms with Crippen molar-refractivity contribution in [3.63, 3.8) is 0 Å². The fourth-order valence-electron chi connectivity index (χ4n) is 6.19. The number of rotatable bonds is 11. The average Bonchev–Trinajstić information content (AvgIpc) is 3.46. The minimum Gasteiger partial charge on any atom is -0.301 e. The standard InChI is InChI=1S/C37H39ClN4/c1-3-28(36-25-35(29-19-21-32(38)22-20-29)39-42(36)33-17-11-6-12-18-33)23-24-40(2)34-26-41(27-34)37(30-13-7-4-8-14-30)31-15-9-5-10-16-31/h4-22,25,28,34,37H,3,23-24,26-27H2,1-2H3. The summed E-state index contributed by atoms with van der Waals surface area (Å²) in [6.45, 7) is 5.49. The second-order valence-electron chi connectivity index (χ2n) is 11.4. The van der Waals surface area contributed by atoms with Crippen LogP contribution in [0.1, 0.15) is 48.5 Å².